The molecule has 0 unspecified atom stereocenters. The maximum absolute atomic E-state index is 13.2. The van der Waals surface area contributed by atoms with E-state index in [1.165, 1.54) is 12.1 Å². The van der Waals surface area contributed by atoms with Crippen molar-refractivity contribution < 1.29 is 13.2 Å². The molecule has 0 atom stereocenters. The monoisotopic (exact) mass is 467 g/mol. The van der Waals surface area contributed by atoms with Gasteiger partial charge < -0.3 is 4.90 Å². The number of benzene rings is 3. The van der Waals surface area contributed by atoms with Crippen LogP contribution in [0, 0.1) is 0 Å². The second-order valence-electron chi connectivity index (χ2n) is 7.96. The Morgan fingerprint density at radius 1 is 0.486 bits per heavy atom. The molecule has 0 N–H and O–H groups in total. The van der Waals surface area contributed by atoms with Gasteiger partial charge >= 0.3 is 6.18 Å². The van der Waals surface area contributed by atoms with Crippen molar-refractivity contribution in [3.63, 3.8) is 0 Å². The molecule has 0 amide bonds. The average molecular weight is 467 g/mol. The molecular formula is C29H20F3N3. The Hall–Kier alpha value is -4.45. The van der Waals surface area contributed by atoms with Gasteiger partial charge in [0.2, 0.25) is 0 Å². The van der Waals surface area contributed by atoms with Crippen LogP contribution < -0.4 is 4.90 Å². The van der Waals surface area contributed by atoms with Crippen molar-refractivity contribution in [3.8, 4) is 22.3 Å². The topological polar surface area (TPSA) is 29.0 Å². The molecule has 0 radical (unpaired) electrons. The first-order chi connectivity index (χ1) is 17.0. The number of aromatic nitrogens is 2. The fourth-order valence-corrected chi connectivity index (χ4v) is 3.92. The molecule has 172 valence electrons. The van der Waals surface area contributed by atoms with Gasteiger partial charge in [0.25, 0.3) is 0 Å². The highest BCUT2D eigenvalue weighted by atomic mass is 19.4. The summed E-state index contributed by atoms with van der Waals surface area (Å²) in [4.78, 5) is 10.3. The van der Waals surface area contributed by atoms with Crippen LogP contribution in [0.4, 0.5) is 30.2 Å². The number of nitrogens with zero attached hydrogens (tertiary/aromatic N) is 3. The molecule has 2 aromatic heterocycles. The van der Waals surface area contributed by atoms with Gasteiger partial charge in [-0.2, -0.15) is 13.2 Å². The van der Waals surface area contributed by atoms with Crippen LogP contribution in [0.25, 0.3) is 22.3 Å². The second kappa shape index (κ2) is 9.43. The van der Waals surface area contributed by atoms with E-state index in [-0.39, 0.29) is 0 Å². The lowest BCUT2D eigenvalue weighted by Crippen LogP contribution is -2.11. The van der Waals surface area contributed by atoms with E-state index in [4.69, 9.17) is 0 Å². The normalized spacial score (nSPS) is 11.3. The highest BCUT2D eigenvalue weighted by molar-refractivity contribution is 5.79. The van der Waals surface area contributed by atoms with Crippen LogP contribution in [0.5, 0.6) is 0 Å². The lowest BCUT2D eigenvalue weighted by Gasteiger charge is -2.26. The number of hydrogen-bond donors (Lipinski definition) is 0. The van der Waals surface area contributed by atoms with Crippen molar-refractivity contribution in [2.45, 2.75) is 6.18 Å². The molecule has 6 heteroatoms. The first-order valence-electron chi connectivity index (χ1n) is 11.0. The van der Waals surface area contributed by atoms with E-state index < -0.39 is 11.7 Å². The standard InChI is InChI=1S/C29H20F3N3/c30-29(31,32)25-9-15-28(16-10-25)35(26-11-5-21(6-12-26)23-3-1-17-33-19-23)27-13-7-22(8-14-27)24-4-2-18-34-20-24/h1-20H. The summed E-state index contributed by atoms with van der Waals surface area (Å²) in [6.45, 7) is 0. The summed E-state index contributed by atoms with van der Waals surface area (Å²) in [6, 6.07) is 28.6. The van der Waals surface area contributed by atoms with Crippen LogP contribution in [0.1, 0.15) is 5.56 Å². The minimum atomic E-state index is -4.39. The number of alkyl halides is 3. The third kappa shape index (κ3) is 4.92. The van der Waals surface area contributed by atoms with Gasteiger partial charge in [-0.3, -0.25) is 9.97 Å². The van der Waals surface area contributed by atoms with E-state index in [0.717, 1.165) is 45.8 Å². The summed E-state index contributed by atoms with van der Waals surface area (Å²) in [7, 11) is 0. The summed E-state index contributed by atoms with van der Waals surface area (Å²) in [5.74, 6) is 0. The maximum Gasteiger partial charge on any atom is 0.416 e. The van der Waals surface area contributed by atoms with Crippen molar-refractivity contribution >= 4 is 17.1 Å². The Morgan fingerprint density at radius 2 is 0.886 bits per heavy atom. The molecule has 0 aliphatic rings. The van der Waals surface area contributed by atoms with Gasteiger partial charge in [0.1, 0.15) is 0 Å². The van der Waals surface area contributed by atoms with Gasteiger partial charge in [-0.15, -0.1) is 0 Å². The summed E-state index contributed by atoms with van der Waals surface area (Å²) < 4.78 is 39.5. The highest BCUT2D eigenvalue weighted by Gasteiger charge is 2.30. The SMILES string of the molecule is FC(F)(F)c1ccc(N(c2ccc(-c3cccnc3)cc2)c2ccc(-c3cccnc3)cc2)cc1. The van der Waals surface area contributed by atoms with Crippen LogP contribution in [0.2, 0.25) is 0 Å². The van der Waals surface area contributed by atoms with Crippen LogP contribution in [0.3, 0.4) is 0 Å². The minimum Gasteiger partial charge on any atom is -0.311 e. The molecule has 35 heavy (non-hydrogen) atoms. The van der Waals surface area contributed by atoms with Crippen LogP contribution in [-0.4, -0.2) is 9.97 Å². The summed E-state index contributed by atoms with van der Waals surface area (Å²) >= 11 is 0. The zero-order valence-electron chi connectivity index (χ0n) is 18.5. The highest BCUT2D eigenvalue weighted by Crippen LogP contribution is 2.38. The van der Waals surface area contributed by atoms with E-state index in [0.29, 0.717) is 5.69 Å². The van der Waals surface area contributed by atoms with Crippen molar-refractivity contribution in [3.05, 3.63) is 127 Å². The van der Waals surface area contributed by atoms with E-state index in [1.54, 1.807) is 24.8 Å². The summed E-state index contributed by atoms with van der Waals surface area (Å²) in [5.41, 5.74) is 5.57. The molecule has 2 heterocycles. The molecule has 3 nitrogen and oxygen atoms in total. The molecule has 0 fully saturated rings. The third-order valence-electron chi connectivity index (χ3n) is 5.69. The van der Waals surface area contributed by atoms with Gasteiger partial charge in [-0.25, -0.2) is 0 Å². The van der Waals surface area contributed by atoms with E-state index in [1.807, 2.05) is 77.7 Å². The van der Waals surface area contributed by atoms with Crippen molar-refractivity contribution in [1.82, 2.24) is 9.97 Å². The Balaban J connectivity index is 1.54. The van der Waals surface area contributed by atoms with E-state index >= 15 is 0 Å². The minimum absolute atomic E-state index is 0.626. The van der Waals surface area contributed by atoms with Crippen molar-refractivity contribution in [2.75, 3.05) is 4.90 Å². The molecular weight excluding hydrogens is 447 g/mol. The predicted molar refractivity (Wildman–Crippen MR) is 133 cm³/mol. The summed E-state index contributed by atoms with van der Waals surface area (Å²) in [5, 5.41) is 0. The zero-order valence-corrected chi connectivity index (χ0v) is 18.5. The lowest BCUT2D eigenvalue weighted by atomic mass is 10.0. The van der Waals surface area contributed by atoms with Gasteiger partial charge in [0.05, 0.1) is 5.56 Å². The molecule has 5 aromatic rings. The number of rotatable bonds is 5. The molecule has 0 bridgehead atoms. The molecule has 0 saturated carbocycles. The average Bonchev–Trinajstić information content (AvgIpc) is 2.90. The Morgan fingerprint density at radius 3 is 1.23 bits per heavy atom. The van der Waals surface area contributed by atoms with Crippen LogP contribution >= 0.6 is 0 Å². The third-order valence-corrected chi connectivity index (χ3v) is 5.69. The maximum atomic E-state index is 13.2. The molecule has 0 aliphatic carbocycles. The quantitative estimate of drug-likeness (QED) is 0.260. The molecule has 0 aliphatic heterocycles. The number of halogens is 3. The lowest BCUT2D eigenvalue weighted by molar-refractivity contribution is -0.137. The first-order valence-corrected chi connectivity index (χ1v) is 11.0. The number of hydrogen-bond acceptors (Lipinski definition) is 3. The molecule has 0 saturated heterocycles. The van der Waals surface area contributed by atoms with Gasteiger partial charge in [0.15, 0.2) is 0 Å². The van der Waals surface area contributed by atoms with Gasteiger partial charge in [-0.05, 0) is 82.9 Å². The Labute approximate surface area is 201 Å². The van der Waals surface area contributed by atoms with Crippen molar-refractivity contribution in [1.29, 1.82) is 0 Å². The number of anilines is 3. The summed E-state index contributed by atoms with van der Waals surface area (Å²) in [6.07, 6.45) is 2.64. The molecule has 0 spiro atoms. The van der Waals surface area contributed by atoms with Gasteiger partial charge in [-0.1, -0.05) is 36.4 Å². The zero-order chi connectivity index (χ0) is 24.3. The first kappa shape index (κ1) is 22.3. The van der Waals surface area contributed by atoms with E-state index in [2.05, 4.69) is 9.97 Å². The van der Waals surface area contributed by atoms with Crippen LogP contribution in [0.15, 0.2) is 122 Å². The van der Waals surface area contributed by atoms with E-state index in [9.17, 15) is 13.2 Å². The second-order valence-corrected chi connectivity index (χ2v) is 7.96. The smallest absolute Gasteiger partial charge is 0.311 e. The van der Waals surface area contributed by atoms with Crippen LogP contribution in [-0.2, 0) is 6.18 Å². The molecule has 5 rings (SSSR count). The number of pyridine rings is 2. The predicted octanol–water partition coefficient (Wildman–Crippen LogP) is 8.30. The molecule has 3 aromatic carbocycles. The van der Waals surface area contributed by atoms with Gasteiger partial charge in [0, 0.05) is 41.8 Å². The largest absolute Gasteiger partial charge is 0.416 e. The Kier molecular flexibility index (Phi) is 6.02. The fraction of sp³-hybridized carbons (Fsp3) is 0.0345. The van der Waals surface area contributed by atoms with Crippen molar-refractivity contribution in [2.24, 2.45) is 0 Å². The Bertz CT molecular complexity index is 1300. The fourth-order valence-electron chi connectivity index (χ4n) is 3.92.